The van der Waals surface area contributed by atoms with Crippen LogP contribution in [0.15, 0.2) is 196 Å². The zero-order chi connectivity index (χ0) is 39.2. The van der Waals surface area contributed by atoms with Gasteiger partial charge in [-0.2, -0.15) is 0 Å². The summed E-state index contributed by atoms with van der Waals surface area (Å²) < 4.78 is 9.20. The number of fused-ring (bicyclic) bond motifs is 9. The first-order valence-corrected chi connectivity index (χ1v) is 20.5. The molecule has 2 unspecified atom stereocenters. The first kappa shape index (κ1) is 33.9. The molecule has 0 fully saturated rings. The molecule has 2 aliphatic carbocycles. The number of allylic oxidation sites excluding steroid dienone is 4. The predicted octanol–water partition coefficient (Wildman–Crippen LogP) is 13.1. The second-order valence-electron chi connectivity index (χ2n) is 16.5. The molecule has 0 spiro atoms. The van der Waals surface area contributed by atoms with Crippen LogP contribution in [0.25, 0.3) is 60.6 Å². The van der Waals surface area contributed by atoms with Crippen LogP contribution < -0.4 is 5.32 Å². The number of para-hydroxylation sites is 1. The first-order valence-electron chi connectivity index (χ1n) is 20.5. The van der Waals surface area contributed by atoms with Crippen molar-refractivity contribution in [3.05, 3.63) is 209 Å². The molecule has 1 N–H and O–H groups in total. The molecule has 3 aliphatic rings. The molecule has 0 amide bonds. The van der Waals surface area contributed by atoms with Crippen LogP contribution in [-0.2, 0) is 5.41 Å². The van der Waals surface area contributed by atoms with Gasteiger partial charge in [0, 0.05) is 61.3 Å². The molecule has 282 valence electrons. The molecule has 1 aliphatic heterocycles. The van der Waals surface area contributed by atoms with Gasteiger partial charge in [-0.15, -0.1) is 0 Å². The number of nitrogens with one attached hydrogen (secondary N) is 1. The Labute approximate surface area is 342 Å². The molecule has 5 heteroatoms. The summed E-state index contributed by atoms with van der Waals surface area (Å²) in [6, 6.07) is 56.0. The number of furan rings is 1. The van der Waals surface area contributed by atoms with E-state index in [9.17, 15) is 0 Å². The second kappa shape index (κ2) is 12.9. The van der Waals surface area contributed by atoms with Crippen LogP contribution >= 0.6 is 0 Å². The third-order valence-corrected chi connectivity index (χ3v) is 12.9. The number of nitrogens with zero attached hydrogens (tertiary/aromatic N) is 3. The summed E-state index contributed by atoms with van der Waals surface area (Å²) in [5, 5.41) is 8.37. The number of rotatable bonds is 5. The van der Waals surface area contributed by atoms with Crippen molar-refractivity contribution in [2.45, 2.75) is 37.8 Å². The highest BCUT2D eigenvalue weighted by atomic mass is 16.3. The van der Waals surface area contributed by atoms with Gasteiger partial charge in [0.15, 0.2) is 5.84 Å². The van der Waals surface area contributed by atoms with Crippen LogP contribution in [0.1, 0.15) is 60.2 Å². The Morgan fingerprint density at radius 3 is 2.25 bits per heavy atom. The van der Waals surface area contributed by atoms with E-state index in [1.54, 1.807) is 0 Å². The van der Waals surface area contributed by atoms with Crippen LogP contribution in [0.4, 0.5) is 0 Å². The average molecular weight is 761 g/mol. The van der Waals surface area contributed by atoms with Crippen LogP contribution in [0.5, 0.6) is 0 Å². The van der Waals surface area contributed by atoms with Gasteiger partial charge in [0.1, 0.15) is 23.2 Å². The van der Waals surface area contributed by atoms with E-state index in [0.717, 1.165) is 67.7 Å². The highest BCUT2D eigenvalue weighted by Crippen LogP contribution is 2.54. The van der Waals surface area contributed by atoms with E-state index in [2.05, 4.69) is 175 Å². The van der Waals surface area contributed by atoms with Gasteiger partial charge in [-0.25, -0.2) is 9.98 Å². The fourth-order valence-electron chi connectivity index (χ4n) is 10.0. The second-order valence-corrected chi connectivity index (χ2v) is 16.5. The van der Waals surface area contributed by atoms with Gasteiger partial charge < -0.3 is 14.3 Å². The molecule has 0 radical (unpaired) electrons. The number of hydrogen-bond donors (Lipinski definition) is 1. The molecular weight excluding hydrogens is 721 g/mol. The minimum Gasteiger partial charge on any atom is -0.456 e. The lowest BCUT2D eigenvalue weighted by molar-refractivity contribution is 0.612. The summed E-state index contributed by atoms with van der Waals surface area (Å²) in [6.07, 6.45) is 7.56. The molecule has 0 saturated heterocycles. The zero-order valence-corrected chi connectivity index (χ0v) is 32.9. The van der Waals surface area contributed by atoms with E-state index in [0.29, 0.717) is 11.8 Å². The van der Waals surface area contributed by atoms with Crippen molar-refractivity contribution in [3.63, 3.8) is 0 Å². The molecule has 2 atom stereocenters. The molecule has 2 aromatic heterocycles. The number of aliphatic imine (C=N–C) groups is 2. The van der Waals surface area contributed by atoms with Crippen LogP contribution in [0.2, 0.25) is 0 Å². The summed E-state index contributed by atoms with van der Waals surface area (Å²) in [5.74, 6) is 1.90. The van der Waals surface area contributed by atoms with E-state index >= 15 is 0 Å². The summed E-state index contributed by atoms with van der Waals surface area (Å²) in [4.78, 5) is 10.5. The fraction of sp³-hybridized carbons (Fsp3) is 0.111. The Balaban J connectivity index is 1.00. The van der Waals surface area contributed by atoms with E-state index in [4.69, 9.17) is 14.4 Å². The average Bonchev–Trinajstić information content (AvgIpc) is 3.91. The Hall–Kier alpha value is -7.24. The van der Waals surface area contributed by atoms with Crippen molar-refractivity contribution < 1.29 is 4.42 Å². The first-order chi connectivity index (χ1) is 29.0. The van der Waals surface area contributed by atoms with E-state index in [1.807, 2.05) is 24.3 Å². The molecule has 12 rings (SSSR count). The maximum Gasteiger partial charge on any atom is 0.159 e. The molecule has 0 bridgehead atoms. The van der Waals surface area contributed by atoms with Gasteiger partial charge in [0.2, 0.25) is 0 Å². The molecule has 3 heterocycles. The third kappa shape index (κ3) is 5.24. The standard InChI is InChI=1S/C54H40N4O/c1-54(2)44-24-11-9-21-38(44)42-31-43-39-22-10-12-25-46(39)58(47(43)32-45(42)54)37-27-28-40-49(30-37)59-48-26-14-23-41(50(40)48)53-56-51(34-17-7-4-8-18-34)55-52(57-53)36-20-13-19-35(29-36)33-15-5-3-6-16-33/h3-20,22-32,38,53H,21H2,1-2H3,(H,55,56,57). The number of hydrogen-bond acceptors (Lipinski definition) is 4. The Morgan fingerprint density at radius 2 is 1.39 bits per heavy atom. The lowest BCUT2D eigenvalue weighted by Gasteiger charge is -2.25. The number of aromatic nitrogens is 1. The topological polar surface area (TPSA) is 54.8 Å². The van der Waals surface area contributed by atoms with Crippen molar-refractivity contribution in [2.24, 2.45) is 9.98 Å². The molecule has 7 aromatic carbocycles. The summed E-state index contributed by atoms with van der Waals surface area (Å²) in [5.41, 5.74) is 14.8. The van der Waals surface area contributed by atoms with Gasteiger partial charge in [-0.05, 0) is 71.1 Å². The van der Waals surface area contributed by atoms with Crippen molar-refractivity contribution in [3.8, 4) is 16.8 Å². The van der Waals surface area contributed by atoms with Gasteiger partial charge in [0.05, 0.1) is 11.0 Å². The smallest absolute Gasteiger partial charge is 0.159 e. The van der Waals surface area contributed by atoms with Gasteiger partial charge in [0.25, 0.3) is 0 Å². The monoisotopic (exact) mass is 760 g/mol. The Kier molecular flexibility index (Phi) is 7.40. The molecule has 0 saturated carbocycles. The Bertz CT molecular complexity index is 3300. The SMILES string of the molecule is CC1(C)C2=CC=CCC2c2cc3c4ccccc4n(-c4ccc5c(c4)oc4cccc(C6N=C(c7cccc(-c8ccccc8)c7)N=C(c7ccccc7)N6)c45)c3cc21. The minimum absolute atomic E-state index is 0.0371. The van der Waals surface area contributed by atoms with E-state index in [1.165, 1.54) is 38.5 Å². The van der Waals surface area contributed by atoms with Crippen LogP contribution in [0, 0.1) is 0 Å². The zero-order valence-electron chi connectivity index (χ0n) is 32.9. The third-order valence-electron chi connectivity index (χ3n) is 12.9. The van der Waals surface area contributed by atoms with Gasteiger partial charge in [-0.1, -0.05) is 147 Å². The van der Waals surface area contributed by atoms with Crippen molar-refractivity contribution in [2.75, 3.05) is 0 Å². The maximum absolute atomic E-state index is 6.77. The van der Waals surface area contributed by atoms with E-state index < -0.39 is 6.17 Å². The Morgan fingerprint density at radius 1 is 0.627 bits per heavy atom. The van der Waals surface area contributed by atoms with Gasteiger partial charge >= 0.3 is 0 Å². The molecule has 59 heavy (non-hydrogen) atoms. The van der Waals surface area contributed by atoms with Crippen molar-refractivity contribution in [1.82, 2.24) is 9.88 Å². The number of amidine groups is 2. The summed E-state index contributed by atoms with van der Waals surface area (Å²) in [6.45, 7) is 4.77. The summed E-state index contributed by atoms with van der Waals surface area (Å²) >= 11 is 0. The highest BCUT2D eigenvalue weighted by molar-refractivity contribution is 6.15. The maximum atomic E-state index is 6.77. The van der Waals surface area contributed by atoms with Crippen molar-refractivity contribution in [1.29, 1.82) is 0 Å². The van der Waals surface area contributed by atoms with Crippen LogP contribution in [0.3, 0.4) is 0 Å². The lowest BCUT2D eigenvalue weighted by Crippen LogP contribution is -2.33. The van der Waals surface area contributed by atoms with E-state index in [-0.39, 0.29) is 5.41 Å². The fourth-order valence-corrected chi connectivity index (χ4v) is 10.0. The van der Waals surface area contributed by atoms with Gasteiger partial charge in [-0.3, -0.25) is 0 Å². The number of benzene rings is 7. The largest absolute Gasteiger partial charge is 0.456 e. The van der Waals surface area contributed by atoms with Crippen molar-refractivity contribution >= 4 is 55.4 Å². The normalized spacial score (nSPS) is 18.1. The quantitative estimate of drug-likeness (QED) is 0.190. The highest BCUT2D eigenvalue weighted by Gasteiger charge is 2.42. The molecular formula is C54H40N4O. The molecule has 5 nitrogen and oxygen atoms in total. The predicted molar refractivity (Wildman–Crippen MR) is 243 cm³/mol. The minimum atomic E-state index is -0.404. The molecule has 9 aromatic rings. The lowest BCUT2D eigenvalue weighted by atomic mass is 9.79. The summed E-state index contributed by atoms with van der Waals surface area (Å²) in [7, 11) is 0. The van der Waals surface area contributed by atoms with Crippen LogP contribution in [-0.4, -0.2) is 16.2 Å².